The van der Waals surface area contributed by atoms with Crippen LogP contribution in [0.5, 0.6) is 0 Å². The molecule has 2 rings (SSSR count). The summed E-state index contributed by atoms with van der Waals surface area (Å²) in [4.78, 5) is 14.0. The molecule has 17 heavy (non-hydrogen) atoms. The van der Waals surface area contributed by atoms with E-state index in [9.17, 15) is 9.90 Å². The number of aliphatic hydroxyl groups excluding tert-OH is 1. The fourth-order valence-electron chi connectivity index (χ4n) is 2.04. The Kier molecular flexibility index (Phi) is 3.44. The first kappa shape index (κ1) is 12.1. The molecule has 0 saturated carbocycles. The van der Waals surface area contributed by atoms with Crippen LogP contribution in [-0.2, 0) is 11.8 Å². The molecule has 1 aliphatic rings. The van der Waals surface area contributed by atoms with Crippen molar-refractivity contribution in [3.05, 3.63) is 17.5 Å². The number of hydrogen-bond donors (Lipinski definition) is 1. The zero-order valence-electron chi connectivity index (χ0n) is 10.1. The lowest BCUT2D eigenvalue weighted by Gasteiger charge is -2.34. The lowest BCUT2D eigenvalue weighted by Crippen LogP contribution is -2.50. The SMILES string of the molecule is Cc1nn(C)cc1C(=O)N1CCOCC1CO. The minimum Gasteiger partial charge on any atom is -0.394 e. The second kappa shape index (κ2) is 4.85. The number of aromatic nitrogens is 2. The van der Waals surface area contributed by atoms with E-state index < -0.39 is 0 Å². The van der Waals surface area contributed by atoms with Crippen LogP contribution >= 0.6 is 0 Å². The number of nitrogens with zero attached hydrogens (tertiary/aromatic N) is 3. The topological polar surface area (TPSA) is 67.6 Å². The van der Waals surface area contributed by atoms with Crippen LogP contribution in [0.2, 0.25) is 0 Å². The smallest absolute Gasteiger partial charge is 0.257 e. The summed E-state index contributed by atoms with van der Waals surface area (Å²) < 4.78 is 6.87. The number of carbonyl (C=O) groups is 1. The Morgan fingerprint density at radius 1 is 1.71 bits per heavy atom. The van der Waals surface area contributed by atoms with Gasteiger partial charge in [0, 0.05) is 19.8 Å². The minimum atomic E-state index is -0.254. The van der Waals surface area contributed by atoms with Gasteiger partial charge in [0.1, 0.15) is 0 Å². The largest absolute Gasteiger partial charge is 0.394 e. The highest BCUT2D eigenvalue weighted by Crippen LogP contribution is 2.14. The highest BCUT2D eigenvalue weighted by Gasteiger charge is 2.29. The summed E-state index contributed by atoms with van der Waals surface area (Å²) in [5.41, 5.74) is 1.30. The van der Waals surface area contributed by atoms with Gasteiger partial charge in [0.2, 0.25) is 0 Å². The van der Waals surface area contributed by atoms with Crippen LogP contribution in [0.25, 0.3) is 0 Å². The summed E-state index contributed by atoms with van der Waals surface area (Å²) in [6, 6.07) is -0.254. The van der Waals surface area contributed by atoms with Gasteiger partial charge >= 0.3 is 0 Å². The van der Waals surface area contributed by atoms with E-state index in [1.165, 1.54) is 0 Å². The van der Waals surface area contributed by atoms with Crippen molar-refractivity contribution in [3.63, 3.8) is 0 Å². The van der Waals surface area contributed by atoms with E-state index in [0.29, 0.717) is 31.0 Å². The fraction of sp³-hybridized carbons (Fsp3) is 0.636. The Bertz CT molecular complexity index is 416. The Morgan fingerprint density at radius 2 is 2.47 bits per heavy atom. The summed E-state index contributed by atoms with van der Waals surface area (Å²) in [7, 11) is 1.78. The molecule has 1 aromatic heterocycles. The highest BCUT2D eigenvalue weighted by atomic mass is 16.5. The number of carbonyl (C=O) groups excluding carboxylic acids is 1. The average Bonchev–Trinajstić information content (AvgIpc) is 2.67. The summed E-state index contributed by atoms with van der Waals surface area (Å²) in [6.07, 6.45) is 1.71. The third-order valence-corrected chi connectivity index (χ3v) is 2.94. The second-order valence-electron chi connectivity index (χ2n) is 4.21. The van der Waals surface area contributed by atoms with Crippen molar-refractivity contribution in [2.45, 2.75) is 13.0 Å². The van der Waals surface area contributed by atoms with Gasteiger partial charge in [-0.2, -0.15) is 5.10 Å². The van der Waals surface area contributed by atoms with E-state index in [-0.39, 0.29) is 18.6 Å². The van der Waals surface area contributed by atoms with Gasteiger partial charge in [-0.05, 0) is 6.92 Å². The summed E-state index contributed by atoms with van der Waals surface area (Å²) in [6.45, 7) is 3.15. The number of aliphatic hydroxyl groups is 1. The molecule has 0 radical (unpaired) electrons. The zero-order chi connectivity index (χ0) is 12.4. The van der Waals surface area contributed by atoms with Crippen molar-refractivity contribution in [1.82, 2.24) is 14.7 Å². The molecular formula is C11H17N3O3. The van der Waals surface area contributed by atoms with E-state index in [4.69, 9.17) is 4.74 Å². The van der Waals surface area contributed by atoms with E-state index in [1.807, 2.05) is 6.92 Å². The van der Waals surface area contributed by atoms with Gasteiger partial charge in [-0.3, -0.25) is 9.48 Å². The number of aryl methyl sites for hydroxylation is 2. The predicted molar refractivity (Wildman–Crippen MR) is 60.7 cm³/mol. The molecule has 0 aliphatic carbocycles. The first-order valence-electron chi connectivity index (χ1n) is 5.63. The van der Waals surface area contributed by atoms with Crippen LogP contribution in [0, 0.1) is 6.92 Å². The van der Waals surface area contributed by atoms with Crippen molar-refractivity contribution < 1.29 is 14.6 Å². The van der Waals surface area contributed by atoms with E-state index in [1.54, 1.807) is 22.8 Å². The molecular weight excluding hydrogens is 222 g/mol. The third-order valence-electron chi connectivity index (χ3n) is 2.94. The van der Waals surface area contributed by atoms with Gasteiger partial charge in [0.25, 0.3) is 5.91 Å². The maximum absolute atomic E-state index is 12.3. The third kappa shape index (κ3) is 2.32. The monoisotopic (exact) mass is 239 g/mol. The van der Waals surface area contributed by atoms with Gasteiger partial charge in [-0.1, -0.05) is 0 Å². The van der Waals surface area contributed by atoms with E-state index in [0.717, 1.165) is 0 Å². The lowest BCUT2D eigenvalue weighted by molar-refractivity contribution is -0.0184. The molecule has 1 unspecified atom stereocenters. The molecule has 1 aliphatic heterocycles. The quantitative estimate of drug-likeness (QED) is 0.760. The fourth-order valence-corrected chi connectivity index (χ4v) is 2.04. The maximum atomic E-state index is 12.3. The summed E-state index contributed by atoms with van der Waals surface area (Å²) >= 11 is 0. The van der Waals surface area contributed by atoms with Crippen LogP contribution in [0.3, 0.4) is 0 Å². The Hall–Kier alpha value is -1.40. The first-order valence-corrected chi connectivity index (χ1v) is 5.63. The molecule has 0 spiro atoms. The molecule has 2 heterocycles. The zero-order valence-corrected chi connectivity index (χ0v) is 10.1. The summed E-state index contributed by atoms with van der Waals surface area (Å²) in [5.74, 6) is -0.0852. The Morgan fingerprint density at radius 3 is 3.06 bits per heavy atom. The van der Waals surface area contributed by atoms with E-state index >= 15 is 0 Å². The van der Waals surface area contributed by atoms with Crippen molar-refractivity contribution >= 4 is 5.91 Å². The van der Waals surface area contributed by atoms with Gasteiger partial charge in [-0.15, -0.1) is 0 Å². The molecule has 0 aromatic carbocycles. The molecule has 0 bridgehead atoms. The number of ether oxygens (including phenoxy) is 1. The average molecular weight is 239 g/mol. The lowest BCUT2D eigenvalue weighted by atomic mass is 10.1. The normalized spacial score (nSPS) is 20.6. The van der Waals surface area contributed by atoms with Gasteiger partial charge in [0.15, 0.2) is 0 Å². The standard InChI is InChI=1S/C11H17N3O3/c1-8-10(5-13(2)12-8)11(16)14-3-4-17-7-9(14)6-15/h5,9,15H,3-4,6-7H2,1-2H3. The molecule has 1 saturated heterocycles. The predicted octanol–water partition coefficient (Wildman–Crippen LogP) is -0.438. The number of rotatable bonds is 2. The summed E-state index contributed by atoms with van der Waals surface area (Å²) in [5, 5.41) is 13.4. The van der Waals surface area contributed by atoms with Crippen molar-refractivity contribution in [2.24, 2.45) is 7.05 Å². The minimum absolute atomic E-state index is 0.0783. The van der Waals surface area contributed by atoms with Crippen molar-refractivity contribution in [1.29, 1.82) is 0 Å². The van der Waals surface area contributed by atoms with Crippen molar-refractivity contribution in [3.8, 4) is 0 Å². The van der Waals surface area contributed by atoms with Gasteiger partial charge in [-0.25, -0.2) is 0 Å². The molecule has 1 atom stereocenters. The molecule has 1 N–H and O–H groups in total. The molecule has 6 heteroatoms. The van der Waals surface area contributed by atoms with Crippen LogP contribution in [-0.4, -0.2) is 58.1 Å². The van der Waals surface area contributed by atoms with Gasteiger partial charge in [0.05, 0.1) is 37.1 Å². The molecule has 1 fully saturated rings. The van der Waals surface area contributed by atoms with Crippen LogP contribution in [0.1, 0.15) is 16.1 Å². The Balaban J connectivity index is 2.21. The maximum Gasteiger partial charge on any atom is 0.257 e. The molecule has 6 nitrogen and oxygen atoms in total. The van der Waals surface area contributed by atoms with Crippen LogP contribution < -0.4 is 0 Å². The molecule has 1 amide bonds. The van der Waals surface area contributed by atoms with Crippen molar-refractivity contribution in [2.75, 3.05) is 26.4 Å². The van der Waals surface area contributed by atoms with Crippen LogP contribution in [0.15, 0.2) is 6.20 Å². The highest BCUT2D eigenvalue weighted by molar-refractivity contribution is 5.95. The molecule has 94 valence electrons. The first-order chi connectivity index (χ1) is 8.13. The number of amides is 1. The van der Waals surface area contributed by atoms with Gasteiger partial charge < -0.3 is 14.7 Å². The molecule has 1 aromatic rings. The number of hydrogen-bond acceptors (Lipinski definition) is 4. The second-order valence-corrected chi connectivity index (χ2v) is 4.21. The number of morpholine rings is 1. The Labute approximate surface area is 99.8 Å². The van der Waals surface area contributed by atoms with E-state index in [2.05, 4.69) is 5.10 Å². The van der Waals surface area contributed by atoms with Crippen LogP contribution in [0.4, 0.5) is 0 Å².